The van der Waals surface area contributed by atoms with Crippen molar-refractivity contribution in [1.29, 1.82) is 0 Å². The molecule has 82 valence electrons. The van der Waals surface area contributed by atoms with E-state index in [0.717, 1.165) is 19.3 Å². The first-order valence-corrected chi connectivity index (χ1v) is 6.63. The third-order valence-electron chi connectivity index (χ3n) is 3.24. The minimum Gasteiger partial charge on any atom is -0.390 e. The van der Waals surface area contributed by atoms with E-state index >= 15 is 0 Å². The van der Waals surface area contributed by atoms with Crippen LogP contribution in [-0.4, -0.2) is 17.0 Å². The van der Waals surface area contributed by atoms with Crippen molar-refractivity contribution in [2.45, 2.75) is 43.6 Å². The van der Waals surface area contributed by atoms with E-state index < -0.39 is 0 Å². The molecule has 0 aliphatic heterocycles. The maximum Gasteiger partial charge on any atom is 0.0690 e. The molecule has 1 N–H and O–H groups in total. The molecule has 1 aliphatic rings. The molecule has 0 heterocycles. The monoisotopic (exact) mass is 222 g/mol. The van der Waals surface area contributed by atoms with E-state index in [-0.39, 0.29) is 5.60 Å². The van der Waals surface area contributed by atoms with Gasteiger partial charge in [-0.05, 0) is 55.7 Å². The lowest BCUT2D eigenvalue weighted by Gasteiger charge is -2.14. The van der Waals surface area contributed by atoms with Crippen molar-refractivity contribution in [2.75, 3.05) is 6.26 Å². The second-order valence-electron chi connectivity index (χ2n) is 4.65. The van der Waals surface area contributed by atoms with E-state index in [1.165, 1.54) is 21.6 Å². The van der Waals surface area contributed by atoms with Gasteiger partial charge in [0.15, 0.2) is 0 Å². The second-order valence-corrected chi connectivity index (χ2v) is 5.50. The molecular formula is C13H18OS. The highest BCUT2D eigenvalue weighted by atomic mass is 32.2. The van der Waals surface area contributed by atoms with Crippen LogP contribution in [-0.2, 0) is 6.42 Å². The summed E-state index contributed by atoms with van der Waals surface area (Å²) in [5, 5.41) is 9.95. The van der Waals surface area contributed by atoms with Gasteiger partial charge in [-0.25, -0.2) is 0 Å². The summed E-state index contributed by atoms with van der Waals surface area (Å²) in [6.07, 6.45) is 4.86. The van der Waals surface area contributed by atoms with Crippen molar-refractivity contribution in [3.05, 3.63) is 28.8 Å². The number of hydrogen-bond donors (Lipinski definition) is 1. The summed E-state index contributed by atoms with van der Waals surface area (Å²) in [6, 6.07) is 4.47. The van der Waals surface area contributed by atoms with Gasteiger partial charge in [-0.3, -0.25) is 0 Å². The Morgan fingerprint density at radius 2 is 1.87 bits per heavy atom. The average molecular weight is 222 g/mol. The van der Waals surface area contributed by atoms with Gasteiger partial charge in [0.25, 0.3) is 0 Å². The maximum atomic E-state index is 9.95. The molecule has 0 amide bonds. The van der Waals surface area contributed by atoms with E-state index in [2.05, 4.69) is 32.2 Å². The fourth-order valence-corrected chi connectivity index (χ4v) is 2.54. The number of aliphatic hydroxyl groups is 1. The van der Waals surface area contributed by atoms with Gasteiger partial charge in [0.1, 0.15) is 0 Å². The predicted molar refractivity (Wildman–Crippen MR) is 65.6 cm³/mol. The molecule has 15 heavy (non-hydrogen) atoms. The molecule has 0 radical (unpaired) electrons. The van der Waals surface area contributed by atoms with Crippen LogP contribution >= 0.6 is 11.8 Å². The van der Waals surface area contributed by atoms with Crippen LogP contribution in [0.1, 0.15) is 29.5 Å². The topological polar surface area (TPSA) is 20.2 Å². The van der Waals surface area contributed by atoms with Crippen LogP contribution in [0, 0.1) is 13.8 Å². The van der Waals surface area contributed by atoms with E-state index in [4.69, 9.17) is 0 Å². The van der Waals surface area contributed by atoms with Gasteiger partial charge in [-0.1, -0.05) is 6.07 Å². The van der Waals surface area contributed by atoms with Crippen LogP contribution in [0.3, 0.4) is 0 Å². The number of hydrogen-bond acceptors (Lipinski definition) is 2. The normalized spacial score (nSPS) is 17.9. The maximum absolute atomic E-state index is 9.95. The Hall–Kier alpha value is -0.470. The first kappa shape index (κ1) is 11.0. The molecule has 0 unspecified atom stereocenters. The third-order valence-corrected chi connectivity index (χ3v) is 4.06. The Morgan fingerprint density at radius 3 is 2.40 bits per heavy atom. The van der Waals surface area contributed by atoms with Crippen LogP contribution < -0.4 is 0 Å². The zero-order valence-corrected chi connectivity index (χ0v) is 10.4. The lowest BCUT2D eigenvalue weighted by Crippen LogP contribution is -2.11. The summed E-state index contributed by atoms with van der Waals surface area (Å²) in [6.45, 7) is 4.28. The van der Waals surface area contributed by atoms with E-state index in [0.29, 0.717) is 0 Å². The predicted octanol–water partition coefficient (Wildman–Crippen LogP) is 3.09. The van der Waals surface area contributed by atoms with Gasteiger partial charge in [0, 0.05) is 11.3 Å². The van der Waals surface area contributed by atoms with Crippen molar-refractivity contribution in [1.82, 2.24) is 0 Å². The Labute approximate surface area is 95.9 Å². The number of aryl methyl sites for hydroxylation is 2. The van der Waals surface area contributed by atoms with Crippen LogP contribution in [0.15, 0.2) is 17.0 Å². The Morgan fingerprint density at radius 1 is 1.27 bits per heavy atom. The zero-order valence-electron chi connectivity index (χ0n) is 9.63. The fourth-order valence-electron chi connectivity index (χ4n) is 1.85. The second kappa shape index (κ2) is 3.84. The van der Waals surface area contributed by atoms with E-state index in [1.807, 2.05) is 0 Å². The molecule has 2 rings (SSSR count). The molecule has 1 aromatic rings. The fraction of sp³-hybridized carbons (Fsp3) is 0.538. The van der Waals surface area contributed by atoms with Crippen LogP contribution in [0.5, 0.6) is 0 Å². The Kier molecular flexibility index (Phi) is 2.82. The average Bonchev–Trinajstić information content (AvgIpc) is 2.89. The summed E-state index contributed by atoms with van der Waals surface area (Å²) < 4.78 is 0. The summed E-state index contributed by atoms with van der Waals surface area (Å²) in [4.78, 5) is 1.32. The van der Waals surface area contributed by atoms with Crippen LogP contribution in [0.2, 0.25) is 0 Å². The Balaban J connectivity index is 2.31. The molecular weight excluding hydrogens is 204 g/mol. The molecule has 0 bridgehead atoms. The lowest BCUT2D eigenvalue weighted by molar-refractivity contribution is 0.150. The van der Waals surface area contributed by atoms with Crippen LogP contribution in [0.4, 0.5) is 0 Å². The molecule has 0 saturated heterocycles. The molecule has 1 nitrogen and oxygen atoms in total. The molecule has 0 aromatic heterocycles. The lowest BCUT2D eigenvalue weighted by atomic mass is 10.0. The number of thioether (sulfide) groups is 1. The van der Waals surface area contributed by atoms with Crippen molar-refractivity contribution in [3.63, 3.8) is 0 Å². The standard InChI is InChI=1S/C13H18OS/c1-9-6-11(8-13(14)4-5-13)12(15-3)7-10(9)2/h6-7,14H,4-5,8H2,1-3H3. The van der Waals surface area contributed by atoms with Crippen molar-refractivity contribution < 1.29 is 5.11 Å². The smallest absolute Gasteiger partial charge is 0.0690 e. The van der Waals surface area contributed by atoms with Crippen molar-refractivity contribution >= 4 is 11.8 Å². The van der Waals surface area contributed by atoms with Crippen LogP contribution in [0.25, 0.3) is 0 Å². The summed E-state index contributed by atoms with van der Waals surface area (Å²) >= 11 is 1.78. The summed E-state index contributed by atoms with van der Waals surface area (Å²) in [7, 11) is 0. The highest BCUT2D eigenvalue weighted by molar-refractivity contribution is 7.98. The minimum absolute atomic E-state index is 0.383. The SMILES string of the molecule is CSc1cc(C)c(C)cc1CC1(O)CC1. The first-order chi connectivity index (χ1) is 7.04. The molecule has 1 aliphatic carbocycles. The highest BCUT2D eigenvalue weighted by Crippen LogP contribution is 2.40. The largest absolute Gasteiger partial charge is 0.390 e. The molecule has 1 fully saturated rings. The van der Waals surface area contributed by atoms with Gasteiger partial charge < -0.3 is 5.11 Å². The van der Waals surface area contributed by atoms with E-state index in [1.54, 1.807) is 11.8 Å². The van der Waals surface area contributed by atoms with Gasteiger partial charge in [0.05, 0.1) is 5.60 Å². The van der Waals surface area contributed by atoms with E-state index in [9.17, 15) is 5.11 Å². The quantitative estimate of drug-likeness (QED) is 0.793. The van der Waals surface area contributed by atoms with Crippen molar-refractivity contribution in [3.8, 4) is 0 Å². The third kappa shape index (κ3) is 2.37. The van der Waals surface area contributed by atoms with Gasteiger partial charge in [-0.2, -0.15) is 0 Å². The first-order valence-electron chi connectivity index (χ1n) is 5.40. The van der Waals surface area contributed by atoms with Crippen molar-refractivity contribution in [2.24, 2.45) is 0 Å². The molecule has 1 aromatic carbocycles. The minimum atomic E-state index is -0.383. The van der Waals surface area contributed by atoms with Gasteiger partial charge in [-0.15, -0.1) is 11.8 Å². The van der Waals surface area contributed by atoms with Gasteiger partial charge >= 0.3 is 0 Å². The Bertz CT molecular complexity index is 380. The van der Waals surface area contributed by atoms with Gasteiger partial charge in [0.2, 0.25) is 0 Å². The molecule has 0 spiro atoms. The highest BCUT2D eigenvalue weighted by Gasteiger charge is 2.40. The number of benzene rings is 1. The summed E-state index contributed by atoms with van der Waals surface area (Å²) in [5.74, 6) is 0. The molecule has 2 heteroatoms. The summed E-state index contributed by atoms with van der Waals surface area (Å²) in [5.41, 5.74) is 3.59. The zero-order chi connectivity index (χ0) is 11.1. The number of rotatable bonds is 3. The molecule has 1 saturated carbocycles. The molecule has 0 atom stereocenters.